The van der Waals surface area contributed by atoms with Crippen molar-refractivity contribution in [1.29, 1.82) is 0 Å². The summed E-state index contributed by atoms with van der Waals surface area (Å²) < 4.78 is 0. The SMILES string of the molecule is Cc1cnc(-c2nc(C)c(CC(C)CN)c(C)n2)c(C)c1. The van der Waals surface area contributed by atoms with Gasteiger partial charge in [-0.2, -0.15) is 0 Å². The molecule has 0 bridgehead atoms. The molecular weight excluding hydrogens is 260 g/mol. The van der Waals surface area contributed by atoms with Gasteiger partial charge in [-0.15, -0.1) is 0 Å². The number of nitrogens with zero attached hydrogens (tertiary/aromatic N) is 3. The largest absolute Gasteiger partial charge is 0.330 e. The molecule has 0 fully saturated rings. The van der Waals surface area contributed by atoms with Crippen LogP contribution in [0.15, 0.2) is 12.3 Å². The van der Waals surface area contributed by atoms with Gasteiger partial charge >= 0.3 is 0 Å². The van der Waals surface area contributed by atoms with E-state index in [4.69, 9.17) is 5.73 Å². The van der Waals surface area contributed by atoms with Gasteiger partial charge in [-0.1, -0.05) is 13.0 Å². The molecule has 0 saturated heterocycles. The maximum Gasteiger partial charge on any atom is 0.178 e. The first kappa shape index (κ1) is 15.6. The number of aromatic nitrogens is 3. The minimum Gasteiger partial charge on any atom is -0.330 e. The average molecular weight is 284 g/mol. The third-order valence-electron chi connectivity index (χ3n) is 3.80. The van der Waals surface area contributed by atoms with E-state index in [2.05, 4.69) is 27.9 Å². The van der Waals surface area contributed by atoms with Crippen LogP contribution in [0.5, 0.6) is 0 Å². The van der Waals surface area contributed by atoms with E-state index in [1.165, 1.54) is 5.56 Å². The number of pyridine rings is 1. The Morgan fingerprint density at radius 2 is 1.71 bits per heavy atom. The minimum atomic E-state index is 0.441. The Morgan fingerprint density at radius 3 is 2.24 bits per heavy atom. The molecule has 2 aromatic rings. The van der Waals surface area contributed by atoms with E-state index in [0.717, 1.165) is 34.6 Å². The van der Waals surface area contributed by atoms with E-state index in [0.29, 0.717) is 18.3 Å². The van der Waals surface area contributed by atoms with Crippen molar-refractivity contribution in [2.45, 2.75) is 41.0 Å². The van der Waals surface area contributed by atoms with Crippen molar-refractivity contribution in [3.63, 3.8) is 0 Å². The van der Waals surface area contributed by atoms with Crippen molar-refractivity contribution in [3.8, 4) is 11.5 Å². The third kappa shape index (κ3) is 3.45. The lowest BCUT2D eigenvalue weighted by atomic mass is 9.99. The van der Waals surface area contributed by atoms with Crippen LogP contribution in [0.25, 0.3) is 11.5 Å². The Hall–Kier alpha value is -1.81. The van der Waals surface area contributed by atoms with E-state index in [-0.39, 0.29) is 0 Å². The van der Waals surface area contributed by atoms with Crippen LogP contribution in [-0.4, -0.2) is 21.5 Å². The van der Waals surface area contributed by atoms with Gasteiger partial charge in [0.1, 0.15) is 5.69 Å². The molecule has 0 amide bonds. The Bertz CT molecular complexity index is 626. The van der Waals surface area contributed by atoms with Crippen molar-refractivity contribution in [2.75, 3.05) is 6.54 Å². The van der Waals surface area contributed by atoms with E-state index in [1.807, 2.05) is 33.9 Å². The van der Waals surface area contributed by atoms with Gasteiger partial charge in [0.05, 0.1) is 0 Å². The summed E-state index contributed by atoms with van der Waals surface area (Å²) in [5, 5.41) is 0. The molecule has 4 nitrogen and oxygen atoms in total. The number of rotatable bonds is 4. The Kier molecular flexibility index (Phi) is 4.68. The second-order valence-electron chi connectivity index (χ2n) is 5.92. The zero-order chi connectivity index (χ0) is 15.6. The van der Waals surface area contributed by atoms with Crippen LogP contribution in [0.4, 0.5) is 0 Å². The van der Waals surface area contributed by atoms with Crippen molar-refractivity contribution < 1.29 is 0 Å². The molecule has 0 radical (unpaired) electrons. The van der Waals surface area contributed by atoms with Crippen LogP contribution < -0.4 is 5.73 Å². The molecule has 112 valence electrons. The zero-order valence-electron chi connectivity index (χ0n) is 13.6. The van der Waals surface area contributed by atoms with Gasteiger partial charge in [0.15, 0.2) is 5.82 Å². The van der Waals surface area contributed by atoms with Gasteiger partial charge in [-0.3, -0.25) is 4.98 Å². The van der Waals surface area contributed by atoms with Crippen molar-refractivity contribution >= 4 is 0 Å². The lowest BCUT2D eigenvalue weighted by Crippen LogP contribution is -2.15. The first-order valence-corrected chi connectivity index (χ1v) is 7.40. The number of hydrogen-bond donors (Lipinski definition) is 1. The van der Waals surface area contributed by atoms with Gasteiger partial charge in [0.25, 0.3) is 0 Å². The highest BCUT2D eigenvalue weighted by molar-refractivity contribution is 5.55. The van der Waals surface area contributed by atoms with E-state index < -0.39 is 0 Å². The third-order valence-corrected chi connectivity index (χ3v) is 3.80. The predicted molar refractivity (Wildman–Crippen MR) is 86.1 cm³/mol. The van der Waals surface area contributed by atoms with Crippen molar-refractivity contribution in [1.82, 2.24) is 15.0 Å². The molecular formula is C17H24N4. The minimum absolute atomic E-state index is 0.441. The summed E-state index contributed by atoms with van der Waals surface area (Å²) in [6, 6.07) is 2.11. The monoisotopic (exact) mass is 284 g/mol. The predicted octanol–water partition coefficient (Wildman–Crippen LogP) is 2.91. The topological polar surface area (TPSA) is 64.7 Å². The van der Waals surface area contributed by atoms with E-state index in [9.17, 15) is 0 Å². The summed E-state index contributed by atoms with van der Waals surface area (Å²) in [6.07, 6.45) is 2.79. The van der Waals surface area contributed by atoms with Crippen LogP contribution in [0.2, 0.25) is 0 Å². The van der Waals surface area contributed by atoms with Gasteiger partial charge in [-0.25, -0.2) is 9.97 Å². The smallest absolute Gasteiger partial charge is 0.178 e. The molecule has 2 N–H and O–H groups in total. The van der Waals surface area contributed by atoms with Crippen LogP contribution in [0.3, 0.4) is 0 Å². The summed E-state index contributed by atoms with van der Waals surface area (Å²) in [6.45, 7) is 11.0. The van der Waals surface area contributed by atoms with Crippen molar-refractivity contribution in [3.05, 3.63) is 40.3 Å². The molecule has 2 aromatic heterocycles. The molecule has 0 aliphatic heterocycles. The highest BCUT2D eigenvalue weighted by Crippen LogP contribution is 2.22. The van der Waals surface area contributed by atoms with Gasteiger partial charge in [0.2, 0.25) is 0 Å². The van der Waals surface area contributed by atoms with Gasteiger partial charge in [-0.05, 0) is 63.3 Å². The lowest BCUT2D eigenvalue weighted by Gasteiger charge is -2.14. The summed E-state index contributed by atoms with van der Waals surface area (Å²) in [4.78, 5) is 13.8. The molecule has 0 spiro atoms. The fraction of sp³-hybridized carbons (Fsp3) is 0.471. The summed E-state index contributed by atoms with van der Waals surface area (Å²) in [5.41, 5.74) is 12.1. The second kappa shape index (κ2) is 6.31. The van der Waals surface area contributed by atoms with Crippen LogP contribution in [-0.2, 0) is 6.42 Å². The Labute approximate surface area is 126 Å². The second-order valence-corrected chi connectivity index (χ2v) is 5.92. The lowest BCUT2D eigenvalue weighted by molar-refractivity contribution is 0.586. The normalized spacial score (nSPS) is 12.5. The summed E-state index contributed by atoms with van der Waals surface area (Å²) >= 11 is 0. The quantitative estimate of drug-likeness (QED) is 0.937. The Morgan fingerprint density at radius 1 is 1.10 bits per heavy atom. The molecule has 1 atom stereocenters. The molecule has 0 aliphatic carbocycles. The highest BCUT2D eigenvalue weighted by Gasteiger charge is 2.14. The fourth-order valence-corrected chi connectivity index (χ4v) is 2.52. The summed E-state index contributed by atoms with van der Waals surface area (Å²) in [5.74, 6) is 1.16. The first-order chi connectivity index (χ1) is 9.92. The van der Waals surface area contributed by atoms with Crippen LogP contribution >= 0.6 is 0 Å². The van der Waals surface area contributed by atoms with Gasteiger partial charge in [0, 0.05) is 17.6 Å². The molecule has 0 aromatic carbocycles. The summed E-state index contributed by atoms with van der Waals surface area (Å²) in [7, 11) is 0. The van der Waals surface area contributed by atoms with Crippen LogP contribution in [0.1, 0.15) is 35.0 Å². The highest BCUT2D eigenvalue weighted by atomic mass is 14.9. The number of hydrogen-bond acceptors (Lipinski definition) is 4. The maximum absolute atomic E-state index is 5.72. The maximum atomic E-state index is 5.72. The van der Waals surface area contributed by atoms with E-state index >= 15 is 0 Å². The molecule has 4 heteroatoms. The number of aryl methyl sites for hydroxylation is 4. The number of nitrogens with two attached hydrogens (primary N) is 1. The van der Waals surface area contributed by atoms with E-state index in [1.54, 1.807) is 0 Å². The fourth-order valence-electron chi connectivity index (χ4n) is 2.52. The van der Waals surface area contributed by atoms with Gasteiger partial charge < -0.3 is 5.73 Å². The van der Waals surface area contributed by atoms with Crippen LogP contribution in [0, 0.1) is 33.6 Å². The zero-order valence-corrected chi connectivity index (χ0v) is 13.6. The average Bonchev–Trinajstić information content (AvgIpc) is 2.42. The molecule has 1 unspecified atom stereocenters. The van der Waals surface area contributed by atoms with Crippen molar-refractivity contribution in [2.24, 2.45) is 11.7 Å². The Balaban J connectivity index is 2.44. The standard InChI is InChI=1S/C17H24N4/c1-10(8-18)7-15-13(4)20-17(21-14(15)5)16-12(3)6-11(2)9-19-16/h6,9-10H,7-8,18H2,1-5H3. The molecule has 0 saturated carbocycles. The molecule has 2 heterocycles. The first-order valence-electron chi connectivity index (χ1n) is 7.40. The molecule has 21 heavy (non-hydrogen) atoms. The molecule has 0 aliphatic rings. The molecule has 2 rings (SSSR count).